The molecule has 5 heteroatoms. The summed E-state index contributed by atoms with van der Waals surface area (Å²) in [7, 11) is 0. The van der Waals surface area contributed by atoms with Crippen molar-refractivity contribution in [3.63, 3.8) is 0 Å². The second kappa shape index (κ2) is 3.90. The maximum absolute atomic E-state index is 13.6. The van der Waals surface area contributed by atoms with E-state index in [1.807, 2.05) is 6.92 Å². The lowest BCUT2D eigenvalue weighted by Gasteiger charge is -2.01. The average molecular weight is 287 g/mol. The molecule has 0 aliphatic heterocycles. The number of nitrogens with two attached hydrogens (primary N) is 1. The molecular weight excluding hydrogens is 279 g/mol. The van der Waals surface area contributed by atoms with Gasteiger partial charge in [0.25, 0.3) is 0 Å². The number of hydrogen-bond acceptors (Lipinski definition) is 3. The zero-order valence-electron chi connectivity index (χ0n) is 7.92. The first kappa shape index (κ1) is 10.6. The zero-order chi connectivity index (χ0) is 11.0. The highest BCUT2D eigenvalue weighted by Crippen LogP contribution is 2.35. The largest absolute Gasteiger partial charge is 0.383 e. The molecule has 0 aliphatic carbocycles. The van der Waals surface area contributed by atoms with E-state index in [0.29, 0.717) is 20.9 Å². The summed E-state index contributed by atoms with van der Waals surface area (Å²) < 4.78 is 14.3. The van der Waals surface area contributed by atoms with Gasteiger partial charge in [0.1, 0.15) is 16.6 Å². The van der Waals surface area contributed by atoms with Gasteiger partial charge in [0.05, 0.1) is 5.56 Å². The Labute approximate surface area is 99.1 Å². The van der Waals surface area contributed by atoms with Crippen molar-refractivity contribution < 1.29 is 4.39 Å². The number of anilines is 1. The van der Waals surface area contributed by atoms with E-state index in [-0.39, 0.29) is 5.82 Å². The highest BCUT2D eigenvalue weighted by Gasteiger charge is 2.14. The second-order valence-corrected chi connectivity index (χ2v) is 5.11. The van der Waals surface area contributed by atoms with Crippen LogP contribution in [0.4, 0.5) is 10.2 Å². The first-order valence-electron chi connectivity index (χ1n) is 4.27. The van der Waals surface area contributed by atoms with E-state index in [1.165, 1.54) is 17.4 Å². The van der Waals surface area contributed by atoms with Gasteiger partial charge in [-0.25, -0.2) is 9.37 Å². The molecular formula is C10H8BrFN2S. The van der Waals surface area contributed by atoms with E-state index in [0.717, 1.165) is 4.88 Å². The number of benzene rings is 1. The van der Waals surface area contributed by atoms with Gasteiger partial charge >= 0.3 is 0 Å². The number of nitrogen functional groups attached to an aromatic ring is 1. The molecule has 0 unspecified atom stereocenters. The van der Waals surface area contributed by atoms with Crippen molar-refractivity contribution in [2.75, 3.05) is 5.73 Å². The maximum Gasteiger partial charge on any atom is 0.138 e. The molecule has 1 heterocycles. The van der Waals surface area contributed by atoms with Crippen molar-refractivity contribution in [1.82, 2.24) is 4.98 Å². The first-order chi connectivity index (χ1) is 7.09. The van der Waals surface area contributed by atoms with Crippen LogP contribution in [0.3, 0.4) is 0 Å². The molecule has 0 atom stereocenters. The van der Waals surface area contributed by atoms with Crippen molar-refractivity contribution in [2.45, 2.75) is 6.92 Å². The Balaban J connectivity index is 2.63. The lowest BCUT2D eigenvalue weighted by molar-refractivity contribution is 0.630. The van der Waals surface area contributed by atoms with Gasteiger partial charge in [-0.1, -0.05) is 6.07 Å². The molecule has 2 N–H and O–H groups in total. The van der Waals surface area contributed by atoms with E-state index in [2.05, 4.69) is 20.9 Å². The smallest absolute Gasteiger partial charge is 0.138 e. The number of halogens is 2. The third kappa shape index (κ3) is 1.89. The van der Waals surface area contributed by atoms with Crippen LogP contribution in [0, 0.1) is 12.7 Å². The Hall–Kier alpha value is -0.940. The lowest BCUT2D eigenvalue weighted by atomic mass is 10.2. The summed E-state index contributed by atoms with van der Waals surface area (Å²) in [4.78, 5) is 5.03. The number of rotatable bonds is 1. The van der Waals surface area contributed by atoms with Crippen molar-refractivity contribution in [2.24, 2.45) is 0 Å². The number of thiazole rings is 1. The number of aryl methyl sites for hydroxylation is 1. The predicted molar refractivity (Wildman–Crippen MR) is 64.4 cm³/mol. The summed E-state index contributed by atoms with van der Waals surface area (Å²) in [5.41, 5.74) is 6.11. The molecule has 0 radical (unpaired) electrons. The number of aromatic nitrogens is 1. The first-order valence-corrected chi connectivity index (χ1v) is 5.88. The second-order valence-electron chi connectivity index (χ2n) is 3.06. The fourth-order valence-electron chi connectivity index (χ4n) is 1.22. The van der Waals surface area contributed by atoms with Crippen LogP contribution in [0.5, 0.6) is 0 Å². The molecule has 15 heavy (non-hydrogen) atoms. The van der Waals surface area contributed by atoms with E-state index in [9.17, 15) is 4.39 Å². The standard InChI is InChI=1S/C10H8BrFN2S/c1-5-9(13)14-10(15-5)8-6(11)3-2-4-7(8)12/h2-4H,13H2,1H3. The van der Waals surface area contributed by atoms with Crippen LogP contribution in [0.2, 0.25) is 0 Å². The minimum atomic E-state index is -0.293. The summed E-state index contributed by atoms with van der Waals surface area (Å²) in [5.74, 6) is 0.170. The van der Waals surface area contributed by atoms with Crippen LogP contribution in [0.25, 0.3) is 10.6 Å². The van der Waals surface area contributed by atoms with Gasteiger partial charge in [-0.15, -0.1) is 11.3 Å². The van der Waals surface area contributed by atoms with Gasteiger partial charge in [-0.2, -0.15) is 0 Å². The Morgan fingerprint density at radius 1 is 1.47 bits per heavy atom. The molecule has 0 spiro atoms. The molecule has 2 nitrogen and oxygen atoms in total. The Bertz CT molecular complexity index is 470. The van der Waals surface area contributed by atoms with Gasteiger partial charge in [0.2, 0.25) is 0 Å². The van der Waals surface area contributed by atoms with E-state index in [1.54, 1.807) is 12.1 Å². The van der Waals surface area contributed by atoms with Crippen LogP contribution in [0.15, 0.2) is 22.7 Å². The quantitative estimate of drug-likeness (QED) is 0.870. The van der Waals surface area contributed by atoms with E-state index in [4.69, 9.17) is 5.73 Å². The summed E-state index contributed by atoms with van der Waals surface area (Å²) >= 11 is 4.69. The molecule has 1 aromatic carbocycles. The van der Waals surface area contributed by atoms with Crippen LogP contribution >= 0.6 is 27.3 Å². The molecule has 0 amide bonds. The molecule has 0 bridgehead atoms. The molecule has 1 aromatic heterocycles. The molecule has 0 aliphatic rings. The fraction of sp³-hybridized carbons (Fsp3) is 0.100. The van der Waals surface area contributed by atoms with Gasteiger partial charge in [0.15, 0.2) is 0 Å². The van der Waals surface area contributed by atoms with Gasteiger partial charge in [-0.3, -0.25) is 0 Å². The molecule has 2 aromatic rings. The van der Waals surface area contributed by atoms with Crippen LogP contribution in [-0.2, 0) is 0 Å². The molecule has 0 fully saturated rings. The Kier molecular flexibility index (Phi) is 2.75. The van der Waals surface area contributed by atoms with Gasteiger partial charge < -0.3 is 5.73 Å². The lowest BCUT2D eigenvalue weighted by Crippen LogP contribution is -1.88. The minimum Gasteiger partial charge on any atom is -0.383 e. The van der Waals surface area contributed by atoms with Crippen molar-refractivity contribution in [1.29, 1.82) is 0 Å². The Morgan fingerprint density at radius 2 is 2.20 bits per heavy atom. The number of hydrogen-bond donors (Lipinski definition) is 1. The SMILES string of the molecule is Cc1sc(-c2c(F)cccc2Br)nc1N. The predicted octanol–water partition coefficient (Wildman–Crippen LogP) is 3.60. The van der Waals surface area contributed by atoms with Crippen LogP contribution in [-0.4, -0.2) is 4.98 Å². The zero-order valence-corrected chi connectivity index (χ0v) is 10.3. The van der Waals surface area contributed by atoms with Crippen molar-refractivity contribution >= 4 is 33.1 Å². The molecule has 0 saturated heterocycles. The maximum atomic E-state index is 13.6. The molecule has 0 saturated carbocycles. The average Bonchev–Trinajstić information content (AvgIpc) is 2.46. The highest BCUT2D eigenvalue weighted by atomic mass is 79.9. The summed E-state index contributed by atoms with van der Waals surface area (Å²) in [6.45, 7) is 1.87. The Morgan fingerprint density at radius 3 is 2.73 bits per heavy atom. The van der Waals surface area contributed by atoms with Crippen LogP contribution < -0.4 is 5.73 Å². The summed E-state index contributed by atoms with van der Waals surface area (Å²) in [6, 6.07) is 4.84. The van der Waals surface area contributed by atoms with Gasteiger partial charge in [-0.05, 0) is 35.0 Å². The van der Waals surface area contributed by atoms with Crippen LogP contribution in [0.1, 0.15) is 4.88 Å². The van der Waals surface area contributed by atoms with Crippen molar-refractivity contribution in [3.05, 3.63) is 33.4 Å². The fourth-order valence-corrected chi connectivity index (χ4v) is 2.77. The van der Waals surface area contributed by atoms with E-state index < -0.39 is 0 Å². The molecule has 78 valence electrons. The van der Waals surface area contributed by atoms with E-state index >= 15 is 0 Å². The monoisotopic (exact) mass is 286 g/mol. The summed E-state index contributed by atoms with van der Waals surface area (Å²) in [5, 5.41) is 0.606. The van der Waals surface area contributed by atoms with Crippen molar-refractivity contribution in [3.8, 4) is 10.6 Å². The minimum absolute atomic E-state index is 0.293. The number of nitrogens with zero attached hydrogens (tertiary/aromatic N) is 1. The van der Waals surface area contributed by atoms with Gasteiger partial charge in [0, 0.05) is 9.35 Å². The highest BCUT2D eigenvalue weighted by molar-refractivity contribution is 9.10. The third-order valence-corrected chi connectivity index (χ3v) is 3.67. The topological polar surface area (TPSA) is 38.9 Å². The molecule has 2 rings (SSSR count). The normalized spacial score (nSPS) is 10.6. The third-order valence-electron chi connectivity index (χ3n) is 2.01. The summed E-state index contributed by atoms with van der Waals surface area (Å²) in [6.07, 6.45) is 0.